The van der Waals surface area contributed by atoms with Crippen molar-refractivity contribution >= 4 is 11.6 Å². The van der Waals surface area contributed by atoms with E-state index >= 15 is 0 Å². The van der Waals surface area contributed by atoms with E-state index in [1.165, 1.54) is 16.7 Å². The van der Waals surface area contributed by atoms with Gasteiger partial charge in [-0.3, -0.25) is 4.90 Å². The van der Waals surface area contributed by atoms with Gasteiger partial charge in [-0.15, -0.1) is 0 Å². The number of likely N-dealkylation sites (N-methyl/N-ethyl adjacent to an activating group) is 1. The van der Waals surface area contributed by atoms with Crippen LogP contribution in [-0.2, 0) is 19.6 Å². The summed E-state index contributed by atoms with van der Waals surface area (Å²) in [5, 5.41) is 2.49. The van der Waals surface area contributed by atoms with Crippen LogP contribution in [0.15, 0.2) is 91.0 Å². The molecule has 1 fully saturated rings. The largest absolute Gasteiger partial charge is 0.279 e. The highest BCUT2D eigenvalue weighted by Gasteiger charge is 2.52. The average Bonchev–Trinajstić information content (AvgIpc) is 3.15. The van der Waals surface area contributed by atoms with Crippen LogP contribution in [0.4, 0.5) is 0 Å². The number of halogens is 1. The minimum Gasteiger partial charge on any atom is -0.279 e. The summed E-state index contributed by atoms with van der Waals surface area (Å²) in [4.78, 5) is 1.97. The molecule has 0 aliphatic carbocycles. The minimum atomic E-state index is -0.366. The zero-order valence-electron chi connectivity index (χ0n) is 18.6. The van der Waals surface area contributed by atoms with Gasteiger partial charge in [-0.25, -0.2) is 4.59 Å². The first-order valence-electron chi connectivity index (χ1n) is 11.1. The Bertz CT molecular complexity index is 950. The Morgan fingerprint density at radius 1 is 0.742 bits per heavy atom. The summed E-state index contributed by atoms with van der Waals surface area (Å²) < 4.78 is 0.863. The Morgan fingerprint density at radius 3 is 1.77 bits per heavy atom. The fraction of sp³-hybridized carbons (Fsp3) is 0.333. The van der Waals surface area contributed by atoms with Gasteiger partial charge in [0.15, 0.2) is 5.00 Å². The van der Waals surface area contributed by atoms with Crippen molar-refractivity contribution in [2.75, 3.05) is 27.2 Å². The topological polar surface area (TPSA) is 6.48 Å². The quantitative estimate of drug-likeness (QED) is 0.261. The Hall–Kier alpha value is -2.17. The zero-order valence-corrected chi connectivity index (χ0v) is 19.4. The third-order valence-electron chi connectivity index (χ3n) is 6.69. The number of quaternary nitrogens is 1. The van der Waals surface area contributed by atoms with Crippen LogP contribution in [0.25, 0.3) is 0 Å². The van der Waals surface area contributed by atoms with E-state index in [2.05, 4.69) is 115 Å². The monoisotopic (exact) mass is 434 g/mol. The van der Waals surface area contributed by atoms with Crippen molar-refractivity contribution < 1.29 is 4.59 Å². The predicted molar refractivity (Wildman–Crippen MR) is 129 cm³/mol. The molecule has 0 amide bonds. The maximum absolute atomic E-state index is 7.35. The third kappa shape index (κ3) is 5.19. The molecule has 3 nitrogen and oxygen atoms in total. The van der Waals surface area contributed by atoms with Gasteiger partial charge in [-0.05, 0) is 18.2 Å². The molecule has 31 heavy (non-hydrogen) atoms. The van der Waals surface area contributed by atoms with Crippen molar-refractivity contribution in [3.63, 3.8) is 0 Å². The molecule has 1 saturated heterocycles. The molecule has 0 N–H and O–H groups in total. The number of hydrogen-bond acceptors (Lipinski definition) is 2. The van der Waals surface area contributed by atoms with Gasteiger partial charge in [-0.2, -0.15) is 5.01 Å². The number of rotatable bonds is 8. The molecule has 1 aliphatic heterocycles. The van der Waals surface area contributed by atoms with E-state index in [1.807, 2.05) is 0 Å². The van der Waals surface area contributed by atoms with E-state index in [1.54, 1.807) is 0 Å². The summed E-state index contributed by atoms with van der Waals surface area (Å²) in [6.07, 6.45) is 0.962. The summed E-state index contributed by atoms with van der Waals surface area (Å²) in [6.45, 7) is 4.63. The molecule has 162 valence electrons. The molecule has 2 unspecified atom stereocenters. The first-order valence-corrected chi connectivity index (χ1v) is 11.5. The molecular weight excluding hydrogens is 402 g/mol. The highest BCUT2D eigenvalue weighted by Crippen LogP contribution is 2.39. The first kappa shape index (κ1) is 22.0. The van der Waals surface area contributed by atoms with Crippen LogP contribution in [0.5, 0.6) is 0 Å². The number of hydrogen-bond donors (Lipinski definition) is 0. The second-order valence-electron chi connectivity index (χ2n) is 8.93. The lowest BCUT2D eigenvalue weighted by atomic mass is 10.1. The van der Waals surface area contributed by atoms with Crippen molar-refractivity contribution in [3.8, 4) is 0 Å². The molecule has 4 heteroatoms. The molecule has 2 atom stereocenters. The predicted octanol–water partition coefficient (Wildman–Crippen LogP) is 5.52. The fourth-order valence-electron chi connectivity index (χ4n) is 4.77. The van der Waals surface area contributed by atoms with Gasteiger partial charge in [-0.1, -0.05) is 103 Å². The fourth-order valence-corrected chi connectivity index (χ4v) is 5.13. The van der Waals surface area contributed by atoms with Crippen molar-refractivity contribution in [2.45, 2.75) is 31.1 Å². The maximum Gasteiger partial charge on any atom is 0.153 e. The van der Waals surface area contributed by atoms with Crippen molar-refractivity contribution in [1.82, 2.24) is 9.91 Å². The van der Waals surface area contributed by atoms with Crippen LogP contribution < -0.4 is 0 Å². The van der Waals surface area contributed by atoms with Gasteiger partial charge in [0.2, 0.25) is 0 Å². The van der Waals surface area contributed by atoms with Crippen LogP contribution in [-0.4, -0.2) is 46.7 Å². The molecular formula is C27H33ClN3+. The van der Waals surface area contributed by atoms with E-state index in [4.69, 9.17) is 11.6 Å². The second kappa shape index (κ2) is 9.54. The van der Waals surface area contributed by atoms with E-state index in [0.29, 0.717) is 0 Å². The molecule has 0 aromatic heterocycles. The van der Waals surface area contributed by atoms with Crippen LogP contribution in [0, 0.1) is 0 Å². The average molecular weight is 435 g/mol. The van der Waals surface area contributed by atoms with Gasteiger partial charge in [0, 0.05) is 25.6 Å². The van der Waals surface area contributed by atoms with E-state index in [-0.39, 0.29) is 5.00 Å². The van der Waals surface area contributed by atoms with Crippen molar-refractivity contribution in [1.29, 1.82) is 0 Å². The molecule has 0 radical (unpaired) electrons. The highest BCUT2D eigenvalue weighted by molar-refractivity contribution is 6.23. The Kier molecular flexibility index (Phi) is 6.78. The lowest BCUT2D eigenvalue weighted by molar-refractivity contribution is -1.04. The summed E-state index contributed by atoms with van der Waals surface area (Å²) in [5.41, 5.74) is 3.99. The smallest absolute Gasteiger partial charge is 0.153 e. The standard InChI is InChI=1S/C27H33ClN3/c1-29(20-24-12-6-3-7-13-24)27(28)18-19-31(23-27,22-26-16-10-5-11-17-26)30(2)21-25-14-8-4-9-15-25/h3-17H,18-23H2,1-2H3/q+1. The van der Waals surface area contributed by atoms with Crippen LogP contribution in [0.3, 0.4) is 0 Å². The van der Waals surface area contributed by atoms with Gasteiger partial charge >= 0.3 is 0 Å². The highest BCUT2D eigenvalue weighted by atomic mass is 35.5. The number of nitrogens with zero attached hydrogens (tertiary/aromatic N) is 3. The Balaban J connectivity index is 1.57. The SMILES string of the molecule is CN(Cc1ccccc1)C1(Cl)CC[N+](Cc2ccccc2)(N(C)Cc2ccccc2)C1. The lowest BCUT2D eigenvalue weighted by Crippen LogP contribution is -2.58. The number of likely N-dealkylation sites (tertiary alicyclic amines) is 1. The van der Waals surface area contributed by atoms with E-state index in [9.17, 15) is 0 Å². The molecule has 3 aromatic rings. The van der Waals surface area contributed by atoms with Crippen LogP contribution >= 0.6 is 11.6 Å². The summed E-state index contributed by atoms with van der Waals surface area (Å²) >= 11 is 7.35. The number of alkyl halides is 1. The summed E-state index contributed by atoms with van der Waals surface area (Å²) in [6, 6.07) is 32.2. The van der Waals surface area contributed by atoms with Crippen molar-refractivity contribution in [3.05, 3.63) is 108 Å². The third-order valence-corrected chi connectivity index (χ3v) is 7.29. The molecule has 0 spiro atoms. The minimum absolute atomic E-state index is 0.366. The summed E-state index contributed by atoms with van der Waals surface area (Å²) in [7, 11) is 4.41. The molecule has 1 heterocycles. The Labute approximate surface area is 192 Å². The zero-order chi connectivity index (χ0) is 21.7. The summed E-state index contributed by atoms with van der Waals surface area (Å²) in [5.74, 6) is 0. The maximum atomic E-state index is 7.35. The van der Waals surface area contributed by atoms with Gasteiger partial charge in [0.25, 0.3) is 0 Å². The molecule has 0 saturated carbocycles. The van der Waals surface area contributed by atoms with Crippen LogP contribution in [0.2, 0.25) is 0 Å². The van der Waals surface area contributed by atoms with Gasteiger partial charge in [0.05, 0.1) is 13.1 Å². The molecule has 4 rings (SSSR count). The van der Waals surface area contributed by atoms with Gasteiger partial charge < -0.3 is 0 Å². The Morgan fingerprint density at radius 2 is 1.23 bits per heavy atom. The molecule has 0 bridgehead atoms. The van der Waals surface area contributed by atoms with E-state index in [0.717, 1.165) is 43.7 Å². The van der Waals surface area contributed by atoms with E-state index < -0.39 is 0 Å². The normalized spacial score (nSPS) is 23.5. The van der Waals surface area contributed by atoms with Gasteiger partial charge in [0.1, 0.15) is 13.1 Å². The number of benzene rings is 3. The van der Waals surface area contributed by atoms with Crippen molar-refractivity contribution in [2.24, 2.45) is 0 Å². The molecule has 1 aliphatic rings. The second-order valence-corrected chi connectivity index (χ2v) is 9.64. The molecule has 3 aromatic carbocycles. The lowest BCUT2D eigenvalue weighted by Gasteiger charge is -2.43. The first-order chi connectivity index (χ1) is 15.0. The van der Waals surface area contributed by atoms with Crippen LogP contribution in [0.1, 0.15) is 23.1 Å².